The second kappa shape index (κ2) is 8.85. The van der Waals surface area contributed by atoms with E-state index in [1.165, 1.54) is 21.3 Å². The van der Waals surface area contributed by atoms with Gasteiger partial charge in [-0.2, -0.15) is 4.52 Å². The van der Waals surface area contributed by atoms with Crippen LogP contribution in [0.4, 0.5) is 11.5 Å². The van der Waals surface area contributed by atoms with Crippen molar-refractivity contribution in [1.29, 1.82) is 0 Å². The molecule has 0 unspecified atom stereocenters. The number of para-hydroxylation sites is 1. The summed E-state index contributed by atoms with van der Waals surface area (Å²) in [6.07, 6.45) is 0. The number of rotatable bonds is 4. The SMILES string of the molecule is Cc1ccc(S(=O)(=O)c2nnn3c2nc(N2CCN(c4cc(C)ccc4C)CC2)c2ccccc23)cc1. The quantitative estimate of drug-likeness (QED) is 0.354. The van der Waals surface area contributed by atoms with Crippen LogP contribution >= 0.6 is 0 Å². The van der Waals surface area contributed by atoms with Crippen LogP contribution in [0.2, 0.25) is 0 Å². The van der Waals surface area contributed by atoms with Gasteiger partial charge in [0.1, 0.15) is 5.82 Å². The summed E-state index contributed by atoms with van der Waals surface area (Å²) < 4.78 is 28.6. The zero-order valence-corrected chi connectivity index (χ0v) is 21.9. The Morgan fingerprint density at radius 3 is 2.22 bits per heavy atom. The van der Waals surface area contributed by atoms with Crippen molar-refractivity contribution in [3.8, 4) is 0 Å². The van der Waals surface area contributed by atoms with Crippen LogP contribution in [0, 0.1) is 20.8 Å². The number of aromatic nitrogens is 4. The average Bonchev–Trinajstić information content (AvgIpc) is 3.35. The van der Waals surface area contributed by atoms with E-state index in [1.807, 2.05) is 31.2 Å². The van der Waals surface area contributed by atoms with Crippen LogP contribution in [-0.4, -0.2) is 54.4 Å². The van der Waals surface area contributed by atoms with E-state index in [0.29, 0.717) is 0 Å². The van der Waals surface area contributed by atoms with Gasteiger partial charge in [-0.15, -0.1) is 5.10 Å². The molecule has 1 aliphatic heterocycles. The molecular weight excluding hydrogens is 484 g/mol. The predicted molar refractivity (Wildman–Crippen MR) is 145 cm³/mol. The zero-order chi connectivity index (χ0) is 25.7. The number of benzene rings is 3. The summed E-state index contributed by atoms with van der Waals surface area (Å²) in [5.74, 6) is 0.756. The van der Waals surface area contributed by atoms with Gasteiger partial charge in [-0.05, 0) is 62.2 Å². The van der Waals surface area contributed by atoms with E-state index in [1.54, 1.807) is 24.3 Å². The molecule has 1 aliphatic rings. The number of fused-ring (bicyclic) bond motifs is 3. The Balaban J connectivity index is 1.42. The molecule has 8 nitrogen and oxygen atoms in total. The Kier molecular flexibility index (Phi) is 5.60. The van der Waals surface area contributed by atoms with Gasteiger partial charge in [0.25, 0.3) is 0 Å². The number of hydrogen-bond acceptors (Lipinski definition) is 7. The lowest BCUT2D eigenvalue weighted by molar-refractivity contribution is 0.592. The monoisotopic (exact) mass is 512 g/mol. The summed E-state index contributed by atoms with van der Waals surface area (Å²) in [6, 6.07) is 21.1. The first-order valence-corrected chi connectivity index (χ1v) is 13.8. The molecule has 9 heteroatoms. The van der Waals surface area contributed by atoms with Crippen LogP contribution in [0.3, 0.4) is 0 Å². The van der Waals surface area contributed by atoms with Crippen molar-refractivity contribution in [2.45, 2.75) is 30.7 Å². The largest absolute Gasteiger partial charge is 0.368 e. The lowest BCUT2D eigenvalue weighted by Gasteiger charge is -2.38. The van der Waals surface area contributed by atoms with Gasteiger partial charge in [0.15, 0.2) is 5.65 Å². The fourth-order valence-electron chi connectivity index (χ4n) is 4.99. The van der Waals surface area contributed by atoms with Crippen LogP contribution in [0.25, 0.3) is 16.6 Å². The first-order chi connectivity index (χ1) is 17.8. The summed E-state index contributed by atoms with van der Waals surface area (Å²) >= 11 is 0. The molecule has 0 saturated carbocycles. The molecule has 2 aromatic heterocycles. The molecule has 1 saturated heterocycles. The fraction of sp³-hybridized carbons (Fsp3) is 0.250. The molecule has 0 amide bonds. The lowest BCUT2D eigenvalue weighted by atomic mass is 10.1. The highest BCUT2D eigenvalue weighted by Crippen LogP contribution is 2.31. The van der Waals surface area contributed by atoms with E-state index < -0.39 is 9.84 Å². The van der Waals surface area contributed by atoms with Gasteiger partial charge in [-0.25, -0.2) is 13.4 Å². The average molecular weight is 513 g/mol. The molecule has 0 atom stereocenters. The third-order valence-corrected chi connectivity index (χ3v) is 8.74. The Hall–Kier alpha value is -3.98. The van der Waals surface area contributed by atoms with Crippen LogP contribution in [-0.2, 0) is 9.84 Å². The highest BCUT2D eigenvalue weighted by atomic mass is 32.2. The third kappa shape index (κ3) is 3.99. The van der Waals surface area contributed by atoms with Crippen molar-refractivity contribution in [1.82, 2.24) is 19.8 Å². The highest BCUT2D eigenvalue weighted by molar-refractivity contribution is 7.91. The number of anilines is 2. The topological polar surface area (TPSA) is 83.7 Å². The van der Waals surface area contributed by atoms with E-state index in [2.05, 4.69) is 52.2 Å². The normalized spacial score (nSPS) is 14.6. The molecule has 37 heavy (non-hydrogen) atoms. The smallest absolute Gasteiger partial charge is 0.229 e. The van der Waals surface area contributed by atoms with Crippen molar-refractivity contribution in [3.05, 3.63) is 83.4 Å². The molecule has 3 aromatic carbocycles. The molecular formula is C28H28N6O2S. The summed E-state index contributed by atoms with van der Waals surface area (Å²) in [6.45, 7) is 9.41. The van der Waals surface area contributed by atoms with E-state index >= 15 is 0 Å². The zero-order valence-electron chi connectivity index (χ0n) is 21.1. The van der Waals surface area contributed by atoms with Gasteiger partial charge in [-0.1, -0.05) is 47.2 Å². The number of sulfone groups is 1. The van der Waals surface area contributed by atoms with Crippen molar-refractivity contribution in [3.63, 3.8) is 0 Å². The first-order valence-electron chi connectivity index (χ1n) is 12.4. The van der Waals surface area contributed by atoms with Crippen molar-refractivity contribution in [2.75, 3.05) is 36.0 Å². The molecule has 0 spiro atoms. The van der Waals surface area contributed by atoms with Gasteiger partial charge >= 0.3 is 0 Å². The van der Waals surface area contributed by atoms with E-state index in [4.69, 9.17) is 4.98 Å². The Bertz CT molecular complexity index is 1740. The lowest BCUT2D eigenvalue weighted by Crippen LogP contribution is -2.47. The molecule has 0 N–H and O–H groups in total. The second-order valence-corrected chi connectivity index (χ2v) is 11.5. The second-order valence-electron chi connectivity index (χ2n) is 9.66. The summed E-state index contributed by atoms with van der Waals surface area (Å²) in [5.41, 5.74) is 5.78. The van der Waals surface area contributed by atoms with Crippen molar-refractivity contribution in [2.24, 2.45) is 0 Å². The Labute approximate surface area is 216 Å². The van der Waals surface area contributed by atoms with Gasteiger partial charge in [-0.3, -0.25) is 0 Å². The molecule has 0 bridgehead atoms. The van der Waals surface area contributed by atoms with E-state index in [9.17, 15) is 8.42 Å². The first kappa shape index (κ1) is 23.4. The summed E-state index contributed by atoms with van der Waals surface area (Å²) in [7, 11) is -3.89. The molecule has 188 valence electrons. The van der Waals surface area contributed by atoms with Crippen LogP contribution < -0.4 is 9.80 Å². The molecule has 0 aliphatic carbocycles. The maximum atomic E-state index is 13.5. The van der Waals surface area contributed by atoms with Crippen molar-refractivity contribution >= 4 is 37.9 Å². The number of piperazine rings is 1. The minimum Gasteiger partial charge on any atom is -0.368 e. The highest BCUT2D eigenvalue weighted by Gasteiger charge is 2.29. The minimum atomic E-state index is -3.89. The molecule has 6 rings (SSSR count). The van der Waals surface area contributed by atoms with Crippen molar-refractivity contribution < 1.29 is 8.42 Å². The summed E-state index contributed by atoms with van der Waals surface area (Å²) in [5, 5.41) is 9.11. The fourth-order valence-corrected chi connectivity index (χ4v) is 6.23. The van der Waals surface area contributed by atoms with Crippen LogP contribution in [0.15, 0.2) is 76.7 Å². The van der Waals surface area contributed by atoms with Crippen LogP contribution in [0.1, 0.15) is 16.7 Å². The minimum absolute atomic E-state index is 0.127. The van der Waals surface area contributed by atoms with E-state index in [0.717, 1.165) is 48.5 Å². The maximum Gasteiger partial charge on any atom is 0.229 e. The van der Waals surface area contributed by atoms with Gasteiger partial charge < -0.3 is 9.80 Å². The van der Waals surface area contributed by atoms with Gasteiger partial charge in [0.2, 0.25) is 14.9 Å². The number of aryl methyl sites for hydroxylation is 3. The molecule has 0 radical (unpaired) electrons. The molecule has 1 fully saturated rings. The van der Waals surface area contributed by atoms with E-state index in [-0.39, 0.29) is 15.6 Å². The van der Waals surface area contributed by atoms with Crippen LogP contribution in [0.5, 0.6) is 0 Å². The number of hydrogen-bond donors (Lipinski definition) is 0. The Morgan fingerprint density at radius 1 is 0.784 bits per heavy atom. The molecule has 5 aromatic rings. The summed E-state index contributed by atoms with van der Waals surface area (Å²) in [4.78, 5) is 9.72. The molecule has 3 heterocycles. The number of nitrogens with zero attached hydrogens (tertiary/aromatic N) is 6. The maximum absolute atomic E-state index is 13.5. The predicted octanol–water partition coefficient (Wildman–Crippen LogP) is 4.36. The van der Waals surface area contributed by atoms with Gasteiger partial charge in [0.05, 0.1) is 10.4 Å². The third-order valence-electron chi connectivity index (χ3n) is 7.07. The van der Waals surface area contributed by atoms with Gasteiger partial charge in [0, 0.05) is 37.3 Å². The Morgan fingerprint density at radius 2 is 1.46 bits per heavy atom. The standard InChI is InChI=1S/C28H28N6O2S/c1-19-9-12-22(13-10-19)37(35,36)28-27-29-26(23-6-4-5-7-24(23)34(27)31-30-28)33-16-14-32(15-17-33)25-18-20(2)8-11-21(25)3/h4-13,18H,14-17H2,1-3H3.